The van der Waals surface area contributed by atoms with Gasteiger partial charge in [-0.15, -0.1) is 0 Å². The summed E-state index contributed by atoms with van der Waals surface area (Å²) in [6.45, 7) is 18.3. The summed E-state index contributed by atoms with van der Waals surface area (Å²) < 4.78 is 49.4. The SMILES string of the molecule is CC(C)[Si](OC1=CC(N(C(=O)O)C(C)(C)C)C(c2cc(F)c(F)cc2F)CC1)(C(C)C)C(C)C. The number of nitrogens with zero attached hydrogens (tertiary/aromatic N) is 1. The van der Waals surface area contributed by atoms with E-state index < -0.39 is 49.4 Å². The van der Waals surface area contributed by atoms with E-state index in [0.717, 1.165) is 6.07 Å². The first kappa shape index (κ1) is 28.3. The van der Waals surface area contributed by atoms with Gasteiger partial charge in [0.05, 0.1) is 11.8 Å². The monoisotopic (exact) mass is 499 g/mol. The van der Waals surface area contributed by atoms with Crippen molar-refractivity contribution in [3.05, 3.63) is 47.0 Å². The second-order valence-electron chi connectivity index (χ2n) is 11.3. The highest BCUT2D eigenvalue weighted by molar-refractivity contribution is 6.77. The van der Waals surface area contributed by atoms with E-state index in [2.05, 4.69) is 41.5 Å². The van der Waals surface area contributed by atoms with Crippen molar-refractivity contribution in [3.63, 3.8) is 0 Å². The molecule has 0 fully saturated rings. The Kier molecular flexibility index (Phi) is 8.60. The van der Waals surface area contributed by atoms with Crippen molar-refractivity contribution in [2.45, 2.75) is 109 Å². The van der Waals surface area contributed by atoms with Crippen LogP contribution in [0.1, 0.15) is 86.6 Å². The number of hydrogen-bond donors (Lipinski definition) is 1. The smallest absolute Gasteiger partial charge is 0.408 e. The van der Waals surface area contributed by atoms with Crippen LogP contribution >= 0.6 is 0 Å². The molecule has 0 aliphatic heterocycles. The van der Waals surface area contributed by atoms with E-state index >= 15 is 0 Å². The zero-order chi connectivity index (χ0) is 26.2. The average molecular weight is 500 g/mol. The number of benzene rings is 1. The predicted octanol–water partition coefficient (Wildman–Crippen LogP) is 8.20. The highest BCUT2D eigenvalue weighted by Gasteiger charge is 2.48. The van der Waals surface area contributed by atoms with Crippen LogP contribution in [0.5, 0.6) is 0 Å². The molecular weight excluding hydrogens is 459 g/mol. The third kappa shape index (κ3) is 5.47. The first-order chi connectivity index (χ1) is 15.5. The van der Waals surface area contributed by atoms with Crippen LogP contribution < -0.4 is 0 Å². The van der Waals surface area contributed by atoms with E-state index in [9.17, 15) is 23.1 Å². The molecule has 2 rings (SSSR count). The summed E-state index contributed by atoms with van der Waals surface area (Å²) in [5.41, 5.74) is 0.143. The molecule has 0 saturated heterocycles. The van der Waals surface area contributed by atoms with Crippen molar-refractivity contribution in [1.82, 2.24) is 4.90 Å². The molecule has 34 heavy (non-hydrogen) atoms. The minimum absolute atomic E-state index is 0.0187. The van der Waals surface area contributed by atoms with Crippen LogP contribution in [0.25, 0.3) is 0 Å². The number of halogens is 3. The van der Waals surface area contributed by atoms with E-state index in [4.69, 9.17) is 4.43 Å². The number of carbonyl (C=O) groups is 1. The normalized spacial score (nSPS) is 19.6. The van der Waals surface area contributed by atoms with Gasteiger partial charge in [0.15, 0.2) is 11.6 Å². The van der Waals surface area contributed by atoms with Crippen molar-refractivity contribution >= 4 is 14.4 Å². The molecule has 2 atom stereocenters. The topological polar surface area (TPSA) is 49.8 Å². The standard InChI is InChI=1S/C26H40F3NO3Si/c1-15(2)34(16(3)4,17(5)6)33-18-10-11-19(20-13-22(28)23(29)14-21(20)27)24(12-18)30(25(31)32)26(7,8)9/h12-17,19,24H,10-11H2,1-9H3,(H,31,32). The fourth-order valence-corrected chi connectivity index (χ4v) is 11.1. The zero-order valence-electron chi connectivity index (χ0n) is 21.9. The maximum Gasteiger partial charge on any atom is 0.408 e. The summed E-state index contributed by atoms with van der Waals surface area (Å²) >= 11 is 0. The van der Waals surface area contributed by atoms with Gasteiger partial charge >= 0.3 is 6.09 Å². The van der Waals surface area contributed by atoms with Crippen LogP contribution in [0, 0.1) is 17.5 Å². The van der Waals surface area contributed by atoms with Crippen molar-refractivity contribution in [3.8, 4) is 0 Å². The Hall–Kier alpha value is -1.96. The Bertz CT molecular complexity index is 903. The summed E-state index contributed by atoms with van der Waals surface area (Å²) in [5, 5.41) is 10.1. The van der Waals surface area contributed by atoms with E-state index in [0.29, 0.717) is 41.3 Å². The fourth-order valence-electron chi connectivity index (χ4n) is 5.80. The molecule has 0 heterocycles. The molecule has 192 valence electrons. The molecule has 1 aromatic carbocycles. The van der Waals surface area contributed by atoms with Crippen molar-refractivity contribution in [2.24, 2.45) is 0 Å². The molecule has 0 radical (unpaired) electrons. The maximum atomic E-state index is 14.8. The Morgan fingerprint density at radius 3 is 1.94 bits per heavy atom. The summed E-state index contributed by atoms with van der Waals surface area (Å²) in [6, 6.07) is 0.604. The number of amides is 1. The van der Waals surface area contributed by atoms with Crippen LogP contribution in [-0.4, -0.2) is 36.0 Å². The third-order valence-electron chi connectivity index (χ3n) is 7.15. The van der Waals surface area contributed by atoms with Crippen molar-refractivity contribution < 1.29 is 27.5 Å². The lowest BCUT2D eigenvalue weighted by atomic mass is 9.80. The van der Waals surface area contributed by atoms with Crippen LogP contribution in [-0.2, 0) is 4.43 Å². The van der Waals surface area contributed by atoms with E-state index in [1.165, 1.54) is 4.90 Å². The predicted molar refractivity (Wildman–Crippen MR) is 132 cm³/mol. The summed E-state index contributed by atoms with van der Waals surface area (Å²) in [4.78, 5) is 13.6. The number of hydrogen-bond acceptors (Lipinski definition) is 2. The third-order valence-corrected chi connectivity index (χ3v) is 13.2. The lowest BCUT2D eigenvalue weighted by molar-refractivity contribution is 0.0697. The molecule has 0 bridgehead atoms. The quantitative estimate of drug-likeness (QED) is 0.304. The second kappa shape index (κ2) is 10.3. The van der Waals surface area contributed by atoms with Gasteiger partial charge in [0, 0.05) is 23.9 Å². The molecule has 1 amide bonds. The van der Waals surface area contributed by atoms with Gasteiger partial charge in [-0.25, -0.2) is 18.0 Å². The molecule has 1 N–H and O–H groups in total. The molecule has 8 heteroatoms. The number of rotatable bonds is 7. The van der Waals surface area contributed by atoms with E-state index in [1.807, 2.05) is 0 Å². The van der Waals surface area contributed by atoms with Crippen molar-refractivity contribution in [1.29, 1.82) is 0 Å². The first-order valence-corrected chi connectivity index (χ1v) is 14.2. The first-order valence-electron chi connectivity index (χ1n) is 12.1. The van der Waals surface area contributed by atoms with Gasteiger partial charge in [-0.2, -0.15) is 0 Å². The number of allylic oxidation sites excluding steroid dienone is 1. The van der Waals surface area contributed by atoms with Gasteiger partial charge in [-0.05, 0) is 61.5 Å². The van der Waals surface area contributed by atoms with Gasteiger partial charge in [-0.1, -0.05) is 41.5 Å². The summed E-state index contributed by atoms with van der Waals surface area (Å²) in [6.07, 6.45) is 1.45. The average Bonchev–Trinajstić information content (AvgIpc) is 2.67. The molecule has 1 aliphatic carbocycles. The molecule has 0 saturated carbocycles. The van der Waals surface area contributed by atoms with Gasteiger partial charge in [0.2, 0.25) is 0 Å². The molecular formula is C26H40F3NO3Si. The Balaban J connectivity index is 2.66. The lowest BCUT2D eigenvalue weighted by Gasteiger charge is -2.47. The molecule has 0 aromatic heterocycles. The Morgan fingerprint density at radius 2 is 1.50 bits per heavy atom. The van der Waals surface area contributed by atoms with Gasteiger partial charge in [0.1, 0.15) is 5.82 Å². The highest BCUT2D eigenvalue weighted by Crippen LogP contribution is 2.46. The van der Waals surface area contributed by atoms with E-state index in [-0.39, 0.29) is 5.56 Å². The Morgan fingerprint density at radius 1 is 1.00 bits per heavy atom. The van der Waals surface area contributed by atoms with Gasteiger partial charge in [0.25, 0.3) is 8.32 Å². The fraction of sp³-hybridized carbons (Fsp3) is 0.654. The molecule has 1 aromatic rings. The molecule has 0 spiro atoms. The molecule has 4 nitrogen and oxygen atoms in total. The maximum absolute atomic E-state index is 14.8. The van der Waals surface area contributed by atoms with Gasteiger partial charge in [-0.3, -0.25) is 4.90 Å². The number of carboxylic acid groups (broad SMARTS) is 1. The lowest BCUT2D eigenvalue weighted by Crippen LogP contribution is -2.54. The minimum atomic E-state index is -2.30. The van der Waals surface area contributed by atoms with Crippen LogP contribution in [0.2, 0.25) is 16.6 Å². The van der Waals surface area contributed by atoms with Crippen LogP contribution in [0.3, 0.4) is 0 Å². The summed E-state index contributed by atoms with van der Waals surface area (Å²) in [7, 11) is -2.30. The largest absolute Gasteiger partial charge is 0.546 e. The highest BCUT2D eigenvalue weighted by atomic mass is 28.4. The van der Waals surface area contributed by atoms with Crippen LogP contribution in [0.4, 0.5) is 18.0 Å². The molecule has 1 aliphatic rings. The molecule has 2 unspecified atom stereocenters. The minimum Gasteiger partial charge on any atom is -0.546 e. The van der Waals surface area contributed by atoms with Gasteiger partial charge < -0.3 is 9.53 Å². The Labute approximate surface area is 203 Å². The van der Waals surface area contributed by atoms with Crippen molar-refractivity contribution in [2.75, 3.05) is 0 Å². The zero-order valence-corrected chi connectivity index (χ0v) is 22.9. The summed E-state index contributed by atoms with van der Waals surface area (Å²) in [5.74, 6) is -3.25. The van der Waals surface area contributed by atoms with E-state index in [1.54, 1.807) is 26.8 Å². The second-order valence-corrected chi connectivity index (χ2v) is 16.7. The van der Waals surface area contributed by atoms with Crippen LogP contribution in [0.15, 0.2) is 24.0 Å².